The highest BCUT2D eigenvalue weighted by atomic mass is 32.1. The first-order valence-electron chi connectivity index (χ1n) is 10.3. The van der Waals surface area contributed by atoms with Gasteiger partial charge in [-0.2, -0.15) is 0 Å². The number of thiophene rings is 1. The summed E-state index contributed by atoms with van der Waals surface area (Å²) in [4.78, 5) is 28.4. The van der Waals surface area contributed by atoms with E-state index in [0.717, 1.165) is 37.4 Å². The van der Waals surface area contributed by atoms with E-state index in [-0.39, 0.29) is 11.8 Å². The van der Waals surface area contributed by atoms with Crippen LogP contribution in [0.3, 0.4) is 0 Å². The molecule has 0 fully saturated rings. The second kappa shape index (κ2) is 9.85. The minimum Gasteiger partial charge on any atom is -0.346 e. The zero-order valence-corrected chi connectivity index (χ0v) is 17.6. The predicted molar refractivity (Wildman–Crippen MR) is 115 cm³/mol. The zero-order chi connectivity index (χ0) is 19.9. The van der Waals surface area contributed by atoms with Crippen LogP contribution in [0.15, 0.2) is 30.3 Å². The monoisotopic (exact) mass is 400 g/mol. The highest BCUT2D eigenvalue weighted by Crippen LogP contribution is 2.30. The van der Waals surface area contributed by atoms with Crippen molar-refractivity contribution in [3.63, 3.8) is 0 Å². The Hall–Kier alpha value is -2.18. The van der Waals surface area contributed by atoms with Crippen LogP contribution in [0.5, 0.6) is 0 Å². The number of quaternary nitrogens is 1. The van der Waals surface area contributed by atoms with E-state index in [9.17, 15) is 9.59 Å². The molecular weight excluding hydrogens is 370 g/mol. The summed E-state index contributed by atoms with van der Waals surface area (Å²) >= 11 is 1.61. The molecule has 2 amide bonds. The summed E-state index contributed by atoms with van der Waals surface area (Å²) < 4.78 is 0. The molecule has 1 aliphatic carbocycles. The van der Waals surface area contributed by atoms with Gasteiger partial charge in [-0.25, -0.2) is 0 Å². The molecule has 1 aromatic heterocycles. The molecule has 1 aliphatic rings. The molecule has 0 saturated carbocycles. The summed E-state index contributed by atoms with van der Waals surface area (Å²) in [5.74, 6) is -0.144. The van der Waals surface area contributed by atoms with Crippen molar-refractivity contribution in [3.8, 4) is 0 Å². The number of benzene rings is 1. The number of hydrogen-bond acceptors (Lipinski definition) is 3. The van der Waals surface area contributed by atoms with E-state index in [1.165, 1.54) is 28.2 Å². The van der Waals surface area contributed by atoms with Gasteiger partial charge in [-0.15, -0.1) is 11.3 Å². The van der Waals surface area contributed by atoms with Gasteiger partial charge in [0.05, 0.1) is 31.1 Å². The Bertz CT molecular complexity index is 786. The Morgan fingerprint density at radius 3 is 2.43 bits per heavy atom. The van der Waals surface area contributed by atoms with Gasteiger partial charge < -0.3 is 15.5 Å². The topological polar surface area (TPSA) is 62.6 Å². The lowest BCUT2D eigenvalue weighted by atomic mass is 9.99. The third-order valence-corrected chi connectivity index (χ3v) is 6.63. The number of hydrogen-bond donors (Lipinski definition) is 3. The molecule has 1 heterocycles. The first-order valence-corrected chi connectivity index (χ1v) is 11.1. The number of likely N-dealkylation sites (N-methyl/N-ethyl adjacent to an activating group) is 1. The molecule has 3 rings (SSSR count). The van der Waals surface area contributed by atoms with Crippen LogP contribution in [0.4, 0.5) is 5.69 Å². The van der Waals surface area contributed by atoms with Gasteiger partial charge >= 0.3 is 0 Å². The number of carbonyl (C=O) groups excluding carboxylic acids is 2. The third kappa shape index (κ3) is 5.20. The number of fused-ring (bicyclic) bond motifs is 1. The Balaban J connectivity index is 1.53. The maximum atomic E-state index is 12.5. The zero-order valence-electron chi connectivity index (χ0n) is 16.8. The fraction of sp³-hybridized carbons (Fsp3) is 0.455. The van der Waals surface area contributed by atoms with Gasteiger partial charge in [-0.1, -0.05) is 0 Å². The molecule has 3 N–H and O–H groups in total. The molecule has 0 saturated heterocycles. The van der Waals surface area contributed by atoms with E-state index in [1.54, 1.807) is 35.6 Å². The fourth-order valence-electron chi connectivity index (χ4n) is 3.56. The smallest absolute Gasteiger partial charge is 0.265 e. The van der Waals surface area contributed by atoms with Crippen LogP contribution >= 0.6 is 11.3 Å². The standard InChI is InChI=1S/C22H29N3O2S/c1-3-25(4-2)14-13-23-21(26)16-9-11-18(12-10-16)24-22(27)20-15-17-7-5-6-8-19(17)28-20/h9-12,15H,3-8,13-14H2,1-2H3,(H,23,26)(H,24,27)/p+1. The first kappa shape index (κ1) is 20.6. The van der Waals surface area contributed by atoms with E-state index in [1.807, 2.05) is 6.07 Å². The lowest BCUT2D eigenvalue weighted by Gasteiger charge is -2.15. The van der Waals surface area contributed by atoms with Crippen LogP contribution in [-0.4, -0.2) is 38.0 Å². The normalized spacial score (nSPS) is 13.2. The molecule has 0 aliphatic heterocycles. The van der Waals surface area contributed by atoms with Gasteiger partial charge in [-0.05, 0) is 75.4 Å². The summed E-state index contributed by atoms with van der Waals surface area (Å²) in [6.45, 7) is 8.02. The minimum atomic E-state index is -0.0737. The lowest BCUT2D eigenvalue weighted by Crippen LogP contribution is -3.12. The number of carbonyl (C=O) groups is 2. The average Bonchev–Trinajstić information content (AvgIpc) is 3.16. The Labute approximate surface area is 171 Å². The van der Waals surface area contributed by atoms with Crippen molar-refractivity contribution in [1.29, 1.82) is 0 Å². The Kier molecular flexibility index (Phi) is 7.23. The van der Waals surface area contributed by atoms with Crippen molar-refractivity contribution in [1.82, 2.24) is 5.32 Å². The largest absolute Gasteiger partial charge is 0.346 e. The second-order valence-electron chi connectivity index (χ2n) is 7.26. The summed E-state index contributed by atoms with van der Waals surface area (Å²) in [7, 11) is 0. The molecule has 28 heavy (non-hydrogen) atoms. The van der Waals surface area contributed by atoms with Crippen LogP contribution < -0.4 is 15.5 Å². The van der Waals surface area contributed by atoms with Crippen molar-refractivity contribution in [3.05, 3.63) is 51.2 Å². The van der Waals surface area contributed by atoms with Crippen molar-refractivity contribution < 1.29 is 14.5 Å². The molecule has 5 nitrogen and oxygen atoms in total. The summed E-state index contributed by atoms with van der Waals surface area (Å²) in [6, 6.07) is 9.13. The summed E-state index contributed by atoms with van der Waals surface area (Å²) in [6.07, 6.45) is 4.60. The lowest BCUT2D eigenvalue weighted by molar-refractivity contribution is -0.895. The van der Waals surface area contributed by atoms with Gasteiger partial charge in [0.25, 0.3) is 11.8 Å². The van der Waals surface area contributed by atoms with Crippen molar-refractivity contribution in [2.75, 3.05) is 31.5 Å². The van der Waals surface area contributed by atoms with Gasteiger partial charge in [0.1, 0.15) is 0 Å². The summed E-state index contributed by atoms with van der Waals surface area (Å²) in [5.41, 5.74) is 2.65. The average molecular weight is 401 g/mol. The fourth-order valence-corrected chi connectivity index (χ4v) is 4.71. The van der Waals surface area contributed by atoms with Crippen LogP contribution in [0.1, 0.15) is 57.2 Å². The van der Waals surface area contributed by atoms with E-state index in [0.29, 0.717) is 17.8 Å². The van der Waals surface area contributed by atoms with E-state index in [2.05, 4.69) is 24.5 Å². The SMILES string of the molecule is CC[NH+](CC)CCNC(=O)c1ccc(NC(=O)c2cc3c(s2)CCCC3)cc1. The first-order chi connectivity index (χ1) is 13.6. The number of nitrogens with one attached hydrogen (secondary N) is 3. The molecule has 0 atom stereocenters. The Morgan fingerprint density at radius 2 is 1.75 bits per heavy atom. The maximum absolute atomic E-state index is 12.5. The van der Waals surface area contributed by atoms with Crippen LogP contribution in [-0.2, 0) is 12.8 Å². The predicted octanol–water partition coefficient (Wildman–Crippen LogP) is 2.53. The number of aryl methyl sites for hydroxylation is 2. The number of rotatable bonds is 8. The van der Waals surface area contributed by atoms with E-state index < -0.39 is 0 Å². The Morgan fingerprint density at radius 1 is 1.04 bits per heavy atom. The molecule has 2 aromatic rings. The van der Waals surface area contributed by atoms with Crippen molar-refractivity contribution in [2.45, 2.75) is 39.5 Å². The molecule has 0 bridgehead atoms. The van der Waals surface area contributed by atoms with Crippen molar-refractivity contribution in [2.24, 2.45) is 0 Å². The maximum Gasteiger partial charge on any atom is 0.265 e. The molecular formula is C22H30N3O2S+. The molecule has 0 spiro atoms. The minimum absolute atomic E-state index is 0.0706. The molecule has 1 aromatic carbocycles. The van der Waals surface area contributed by atoms with Gasteiger partial charge in [-0.3, -0.25) is 9.59 Å². The number of amides is 2. The van der Waals surface area contributed by atoms with E-state index in [4.69, 9.17) is 0 Å². The molecule has 0 unspecified atom stereocenters. The van der Waals surface area contributed by atoms with Crippen LogP contribution in [0, 0.1) is 0 Å². The highest BCUT2D eigenvalue weighted by molar-refractivity contribution is 7.14. The molecule has 0 radical (unpaired) electrons. The summed E-state index contributed by atoms with van der Waals surface area (Å²) in [5, 5.41) is 5.91. The molecule has 150 valence electrons. The quantitative estimate of drug-likeness (QED) is 0.638. The van der Waals surface area contributed by atoms with Gasteiger partial charge in [0, 0.05) is 16.1 Å². The van der Waals surface area contributed by atoms with Gasteiger partial charge in [0.2, 0.25) is 0 Å². The molecule has 6 heteroatoms. The third-order valence-electron chi connectivity index (χ3n) is 5.39. The highest BCUT2D eigenvalue weighted by Gasteiger charge is 2.17. The van der Waals surface area contributed by atoms with Crippen molar-refractivity contribution >= 4 is 28.8 Å². The second-order valence-corrected chi connectivity index (χ2v) is 8.40. The number of anilines is 1. The van der Waals surface area contributed by atoms with Crippen LogP contribution in [0.2, 0.25) is 0 Å². The van der Waals surface area contributed by atoms with Gasteiger partial charge in [0.15, 0.2) is 0 Å². The van der Waals surface area contributed by atoms with E-state index >= 15 is 0 Å². The van der Waals surface area contributed by atoms with Crippen LogP contribution in [0.25, 0.3) is 0 Å².